The zero-order chi connectivity index (χ0) is 34.2. The number of benzene rings is 6. The minimum absolute atomic E-state index is 0.0178. The molecule has 3 nitrogen and oxygen atoms in total. The van der Waals surface area contributed by atoms with Crippen molar-refractivity contribution >= 4 is 35.2 Å². The molecule has 2 aromatic heterocycles. The topological polar surface area (TPSA) is 38.9 Å². The second-order valence-electron chi connectivity index (χ2n) is 15.1. The highest BCUT2D eigenvalue weighted by Crippen LogP contribution is 2.49. The van der Waals surface area contributed by atoms with Crippen molar-refractivity contribution in [3.05, 3.63) is 151 Å². The van der Waals surface area contributed by atoms with Crippen LogP contribution in [0.5, 0.6) is 0 Å². The van der Waals surface area contributed by atoms with E-state index in [0.717, 1.165) is 55.6 Å². The van der Waals surface area contributed by atoms with Crippen LogP contribution in [0.1, 0.15) is 25.0 Å². The van der Waals surface area contributed by atoms with Gasteiger partial charge in [-0.15, -0.1) is 0 Å². The number of furan rings is 1. The van der Waals surface area contributed by atoms with Crippen molar-refractivity contribution in [2.45, 2.75) is 38.9 Å². The maximum Gasteiger partial charge on any atom is 0.164 e. The van der Waals surface area contributed by atoms with Crippen molar-refractivity contribution in [2.75, 3.05) is 0 Å². The second kappa shape index (κ2) is 11.2. The Bertz CT molecular complexity index is 2610. The third kappa shape index (κ3) is 4.94. The highest BCUT2D eigenvalue weighted by atomic mass is 28.3. The van der Waals surface area contributed by atoms with E-state index in [1.54, 1.807) is 0 Å². The highest BCUT2D eigenvalue weighted by molar-refractivity contribution is 6.88. The number of hydrogen-bond acceptors (Lipinski definition) is 3. The summed E-state index contributed by atoms with van der Waals surface area (Å²) in [6.07, 6.45) is 0. The molecular weight excluding hydrogens is 625 g/mol. The van der Waals surface area contributed by atoms with E-state index in [0.29, 0.717) is 5.82 Å². The molecule has 0 fully saturated rings. The molecule has 0 unspecified atom stereocenters. The van der Waals surface area contributed by atoms with E-state index in [4.69, 9.17) is 14.4 Å². The molecule has 1 aliphatic carbocycles. The monoisotopic (exact) mass is 662 g/mol. The van der Waals surface area contributed by atoms with Crippen molar-refractivity contribution in [1.82, 2.24) is 9.97 Å². The molecular formula is C46H38N2OSi. The summed E-state index contributed by atoms with van der Waals surface area (Å²) in [6.45, 7) is 11.8. The minimum Gasteiger partial charge on any atom is -0.455 e. The highest BCUT2D eigenvalue weighted by Gasteiger charge is 2.35. The van der Waals surface area contributed by atoms with Gasteiger partial charge in [-0.3, -0.25) is 0 Å². The molecule has 1 aliphatic rings. The molecule has 50 heavy (non-hydrogen) atoms. The number of rotatable bonds is 5. The van der Waals surface area contributed by atoms with Gasteiger partial charge < -0.3 is 4.42 Å². The molecule has 6 aromatic carbocycles. The smallest absolute Gasteiger partial charge is 0.164 e. The van der Waals surface area contributed by atoms with Gasteiger partial charge in [-0.05, 0) is 63.7 Å². The lowest BCUT2D eigenvalue weighted by Crippen LogP contribution is -2.37. The Morgan fingerprint density at radius 2 is 1.12 bits per heavy atom. The normalized spacial score (nSPS) is 13.5. The first kappa shape index (κ1) is 30.5. The predicted octanol–water partition coefficient (Wildman–Crippen LogP) is 11.9. The Labute approximate surface area is 294 Å². The van der Waals surface area contributed by atoms with E-state index in [9.17, 15) is 0 Å². The molecule has 4 heteroatoms. The second-order valence-corrected chi connectivity index (χ2v) is 20.2. The molecule has 0 spiro atoms. The van der Waals surface area contributed by atoms with E-state index in [2.05, 4.69) is 161 Å². The number of para-hydroxylation sites is 2. The maximum absolute atomic E-state index is 6.46. The van der Waals surface area contributed by atoms with Gasteiger partial charge in [0.15, 0.2) is 5.82 Å². The lowest BCUT2D eigenvalue weighted by Gasteiger charge is -2.21. The van der Waals surface area contributed by atoms with E-state index >= 15 is 0 Å². The lowest BCUT2D eigenvalue weighted by atomic mass is 9.82. The van der Waals surface area contributed by atoms with Gasteiger partial charge in [-0.1, -0.05) is 148 Å². The Hall–Kier alpha value is -5.58. The fraction of sp³-hybridized carbons (Fsp3) is 0.130. The summed E-state index contributed by atoms with van der Waals surface area (Å²) in [5, 5.41) is 3.59. The van der Waals surface area contributed by atoms with Crippen molar-refractivity contribution in [3.63, 3.8) is 0 Å². The van der Waals surface area contributed by atoms with Crippen molar-refractivity contribution < 1.29 is 4.42 Å². The summed E-state index contributed by atoms with van der Waals surface area (Å²) in [5.41, 5.74) is 14.2. The van der Waals surface area contributed by atoms with Crippen LogP contribution < -0.4 is 5.19 Å². The Morgan fingerprint density at radius 1 is 0.500 bits per heavy atom. The summed E-state index contributed by atoms with van der Waals surface area (Å²) in [4.78, 5) is 10.5. The standard InChI is InChI=1S/C46H38N2OSi/c1-46(2)39-18-8-6-14-34(39)38-27-31(22-25-40(38)46)30-12-10-13-32(26-30)42-28-41(29-20-23-33(24-21-29)50(3,4)5)47-45(48-42)37-17-11-16-36-35-15-7-9-19-43(35)49-44(36)37/h6-28H,1-5H3. The van der Waals surface area contributed by atoms with Crippen LogP contribution in [-0.2, 0) is 5.41 Å². The van der Waals surface area contributed by atoms with Crippen LogP contribution in [0, 0.1) is 0 Å². The first-order chi connectivity index (χ1) is 24.1. The Balaban J connectivity index is 1.20. The summed E-state index contributed by atoms with van der Waals surface area (Å²) in [7, 11) is -1.45. The maximum atomic E-state index is 6.46. The summed E-state index contributed by atoms with van der Waals surface area (Å²) in [6, 6.07) is 50.1. The number of hydrogen-bond donors (Lipinski definition) is 0. The van der Waals surface area contributed by atoms with Crippen LogP contribution in [0.15, 0.2) is 144 Å². The first-order valence-corrected chi connectivity index (χ1v) is 20.9. The third-order valence-corrected chi connectivity index (χ3v) is 12.6. The van der Waals surface area contributed by atoms with Crippen molar-refractivity contribution in [1.29, 1.82) is 0 Å². The van der Waals surface area contributed by atoms with Gasteiger partial charge in [0.05, 0.1) is 25.0 Å². The van der Waals surface area contributed by atoms with Gasteiger partial charge >= 0.3 is 0 Å². The van der Waals surface area contributed by atoms with Crippen LogP contribution in [0.25, 0.3) is 78.1 Å². The fourth-order valence-corrected chi connectivity index (χ4v) is 8.85. The molecule has 0 N–H and O–H groups in total. The van der Waals surface area contributed by atoms with Gasteiger partial charge in [-0.2, -0.15) is 0 Å². The van der Waals surface area contributed by atoms with Gasteiger partial charge in [-0.25, -0.2) is 9.97 Å². The number of fused-ring (bicyclic) bond motifs is 6. The lowest BCUT2D eigenvalue weighted by molar-refractivity contribution is 0.660. The van der Waals surface area contributed by atoms with E-state index in [-0.39, 0.29) is 5.41 Å². The Morgan fingerprint density at radius 3 is 1.94 bits per heavy atom. The fourth-order valence-electron chi connectivity index (χ4n) is 7.69. The molecule has 8 aromatic rings. The van der Waals surface area contributed by atoms with Crippen LogP contribution in [-0.4, -0.2) is 18.0 Å². The van der Waals surface area contributed by atoms with Crippen LogP contribution >= 0.6 is 0 Å². The molecule has 0 radical (unpaired) electrons. The molecule has 0 amide bonds. The van der Waals surface area contributed by atoms with E-state index in [1.807, 2.05) is 12.1 Å². The molecule has 9 rings (SSSR count). The van der Waals surface area contributed by atoms with Gasteiger partial charge in [0, 0.05) is 27.3 Å². The van der Waals surface area contributed by atoms with Crippen LogP contribution in [0.3, 0.4) is 0 Å². The summed E-state index contributed by atoms with van der Waals surface area (Å²) >= 11 is 0. The molecule has 2 heterocycles. The van der Waals surface area contributed by atoms with Crippen molar-refractivity contribution in [3.8, 4) is 56.2 Å². The minimum atomic E-state index is -1.45. The summed E-state index contributed by atoms with van der Waals surface area (Å²) < 4.78 is 6.46. The number of aromatic nitrogens is 2. The number of nitrogens with zero attached hydrogens (tertiary/aromatic N) is 2. The molecule has 0 saturated heterocycles. The average molecular weight is 663 g/mol. The largest absolute Gasteiger partial charge is 0.455 e. The van der Waals surface area contributed by atoms with Crippen molar-refractivity contribution in [2.24, 2.45) is 0 Å². The molecule has 0 saturated carbocycles. The predicted molar refractivity (Wildman–Crippen MR) is 212 cm³/mol. The quantitative estimate of drug-likeness (QED) is 0.172. The van der Waals surface area contributed by atoms with Crippen LogP contribution in [0.4, 0.5) is 0 Å². The zero-order valence-corrected chi connectivity index (χ0v) is 30.1. The van der Waals surface area contributed by atoms with E-state index in [1.165, 1.54) is 33.0 Å². The van der Waals surface area contributed by atoms with Gasteiger partial charge in [0.2, 0.25) is 0 Å². The molecule has 0 aliphatic heterocycles. The molecule has 0 bridgehead atoms. The molecule has 242 valence electrons. The third-order valence-electron chi connectivity index (χ3n) is 10.5. The van der Waals surface area contributed by atoms with Gasteiger partial charge in [0.25, 0.3) is 0 Å². The first-order valence-electron chi connectivity index (χ1n) is 17.4. The zero-order valence-electron chi connectivity index (χ0n) is 29.1. The van der Waals surface area contributed by atoms with E-state index < -0.39 is 8.07 Å². The Kier molecular flexibility index (Phi) is 6.84. The molecule has 0 atom stereocenters. The average Bonchev–Trinajstić information content (AvgIpc) is 3.63. The SMILES string of the molecule is CC1(C)c2ccccc2-c2cc(-c3cccc(-c4cc(-c5ccc([Si](C)(C)C)cc5)nc(-c5cccc6c5oc5ccccc56)n4)c3)ccc21. The van der Waals surface area contributed by atoms with Gasteiger partial charge in [0.1, 0.15) is 11.2 Å². The van der Waals surface area contributed by atoms with Crippen LogP contribution in [0.2, 0.25) is 19.6 Å². The summed E-state index contributed by atoms with van der Waals surface area (Å²) in [5.74, 6) is 0.651.